The van der Waals surface area contributed by atoms with Gasteiger partial charge in [-0.25, -0.2) is 14.8 Å². The fourth-order valence-corrected chi connectivity index (χ4v) is 2.57. The first-order valence-electron chi connectivity index (χ1n) is 7.01. The number of amides is 1. The van der Waals surface area contributed by atoms with Crippen LogP contribution < -0.4 is 5.32 Å². The van der Waals surface area contributed by atoms with E-state index in [4.69, 9.17) is 4.74 Å². The zero-order valence-electron chi connectivity index (χ0n) is 12.1. The van der Waals surface area contributed by atoms with E-state index in [1.807, 2.05) is 20.8 Å². The van der Waals surface area contributed by atoms with Crippen LogP contribution in [0.25, 0.3) is 0 Å². The fourth-order valence-electron chi connectivity index (χ4n) is 2.57. The van der Waals surface area contributed by atoms with Gasteiger partial charge in [-0.2, -0.15) is 0 Å². The Hall–Kier alpha value is -0.850. The van der Waals surface area contributed by atoms with Crippen LogP contribution in [-0.4, -0.2) is 65.1 Å². The molecule has 2 aliphatic rings. The van der Waals surface area contributed by atoms with Gasteiger partial charge < -0.3 is 15.2 Å². The Balaban J connectivity index is 1.74. The number of aliphatic hydroxyl groups excluding tert-OH is 1. The van der Waals surface area contributed by atoms with Crippen molar-refractivity contribution in [3.8, 4) is 0 Å². The molecule has 2 unspecified atom stereocenters. The smallest absolute Gasteiger partial charge is 0.407 e. The lowest BCUT2D eigenvalue weighted by Gasteiger charge is -2.27. The van der Waals surface area contributed by atoms with Crippen molar-refractivity contribution in [2.24, 2.45) is 0 Å². The van der Waals surface area contributed by atoms with Gasteiger partial charge in [0.05, 0.1) is 6.10 Å². The average Bonchev–Trinajstić information content (AvgIpc) is 2.83. The predicted octanol–water partition coefficient (Wildman–Crippen LogP) is 0.567. The van der Waals surface area contributed by atoms with Crippen LogP contribution in [0.15, 0.2) is 0 Å². The van der Waals surface area contributed by atoms with Crippen LogP contribution in [0.1, 0.15) is 33.6 Å². The van der Waals surface area contributed by atoms with Crippen molar-refractivity contribution >= 4 is 6.09 Å². The third-order valence-corrected chi connectivity index (χ3v) is 3.43. The Bertz CT molecular complexity index is 330. The van der Waals surface area contributed by atoms with Gasteiger partial charge in [0.2, 0.25) is 0 Å². The van der Waals surface area contributed by atoms with Crippen LogP contribution in [-0.2, 0) is 4.74 Å². The second-order valence-electron chi connectivity index (χ2n) is 6.40. The van der Waals surface area contributed by atoms with Gasteiger partial charge >= 0.3 is 6.09 Å². The summed E-state index contributed by atoms with van der Waals surface area (Å²) in [4.78, 5) is 11.7. The van der Waals surface area contributed by atoms with Crippen LogP contribution in [0.3, 0.4) is 0 Å². The Kier molecular flexibility index (Phi) is 4.32. The lowest BCUT2D eigenvalue weighted by molar-refractivity contribution is 0.00640. The van der Waals surface area contributed by atoms with Crippen molar-refractivity contribution < 1.29 is 14.6 Å². The third kappa shape index (κ3) is 4.33. The van der Waals surface area contributed by atoms with Crippen LogP contribution in [0.4, 0.5) is 4.79 Å². The molecule has 0 bridgehead atoms. The first kappa shape index (κ1) is 14.6. The molecule has 0 aromatic carbocycles. The Morgan fingerprint density at radius 1 is 1.21 bits per heavy atom. The number of carbonyl (C=O) groups excluding carboxylic acids is 1. The Morgan fingerprint density at radius 3 is 2.42 bits per heavy atom. The summed E-state index contributed by atoms with van der Waals surface area (Å²) in [5.74, 6) is 0. The minimum Gasteiger partial charge on any atom is -0.444 e. The van der Waals surface area contributed by atoms with Gasteiger partial charge in [0.1, 0.15) is 5.60 Å². The zero-order chi connectivity index (χ0) is 14.0. The molecule has 2 atom stereocenters. The highest BCUT2D eigenvalue weighted by Gasteiger charge is 2.32. The van der Waals surface area contributed by atoms with Crippen LogP contribution >= 0.6 is 0 Å². The van der Waals surface area contributed by atoms with E-state index in [0.717, 1.165) is 32.5 Å². The quantitative estimate of drug-likeness (QED) is 0.768. The highest BCUT2D eigenvalue weighted by Crippen LogP contribution is 2.18. The largest absolute Gasteiger partial charge is 0.444 e. The maximum absolute atomic E-state index is 11.7. The molecule has 2 saturated heterocycles. The van der Waals surface area contributed by atoms with E-state index in [0.29, 0.717) is 6.54 Å². The SMILES string of the molecule is CC(C)(C)OC(=O)NC1CCN(N2CCC(O)C2)C1. The van der Waals surface area contributed by atoms with Gasteiger partial charge in [0, 0.05) is 32.2 Å². The monoisotopic (exact) mass is 271 g/mol. The van der Waals surface area contributed by atoms with Crippen LogP contribution in [0, 0.1) is 0 Å². The lowest BCUT2D eigenvalue weighted by Crippen LogP contribution is -2.44. The van der Waals surface area contributed by atoms with Gasteiger partial charge in [-0.05, 0) is 33.6 Å². The van der Waals surface area contributed by atoms with E-state index in [2.05, 4.69) is 15.3 Å². The normalized spacial score (nSPS) is 29.7. The summed E-state index contributed by atoms with van der Waals surface area (Å²) >= 11 is 0. The molecule has 6 heteroatoms. The fraction of sp³-hybridized carbons (Fsp3) is 0.923. The third-order valence-electron chi connectivity index (χ3n) is 3.43. The first-order chi connectivity index (χ1) is 8.83. The summed E-state index contributed by atoms with van der Waals surface area (Å²) in [7, 11) is 0. The number of ether oxygens (including phenoxy) is 1. The molecule has 110 valence electrons. The van der Waals surface area contributed by atoms with Crippen molar-refractivity contribution in [3.63, 3.8) is 0 Å². The summed E-state index contributed by atoms with van der Waals surface area (Å²) in [5.41, 5.74) is -0.457. The van der Waals surface area contributed by atoms with Crippen molar-refractivity contribution in [2.75, 3.05) is 26.2 Å². The average molecular weight is 271 g/mol. The van der Waals surface area contributed by atoms with Gasteiger partial charge in [-0.3, -0.25) is 0 Å². The van der Waals surface area contributed by atoms with Gasteiger partial charge in [-0.15, -0.1) is 0 Å². The molecule has 2 fully saturated rings. The van der Waals surface area contributed by atoms with Gasteiger partial charge in [-0.1, -0.05) is 0 Å². The molecule has 0 radical (unpaired) electrons. The number of carbonyl (C=O) groups is 1. The summed E-state index contributed by atoms with van der Waals surface area (Å²) in [6.45, 7) is 8.91. The number of rotatable bonds is 2. The number of aliphatic hydroxyl groups is 1. The molecule has 0 aliphatic carbocycles. The second-order valence-corrected chi connectivity index (χ2v) is 6.40. The number of alkyl carbamates (subject to hydrolysis) is 1. The van der Waals surface area contributed by atoms with E-state index in [1.165, 1.54) is 0 Å². The minimum absolute atomic E-state index is 0.132. The standard InChI is InChI=1S/C13H25N3O3/c1-13(2,3)19-12(18)14-10-4-6-15(8-10)16-7-5-11(17)9-16/h10-11,17H,4-9H2,1-3H3,(H,14,18). The minimum atomic E-state index is -0.457. The van der Waals surface area contributed by atoms with Crippen molar-refractivity contribution in [2.45, 2.75) is 51.4 Å². The molecule has 2 aliphatic heterocycles. The predicted molar refractivity (Wildman–Crippen MR) is 71.5 cm³/mol. The molecule has 19 heavy (non-hydrogen) atoms. The lowest BCUT2D eigenvalue weighted by atomic mass is 10.2. The molecule has 0 aromatic heterocycles. The van der Waals surface area contributed by atoms with Crippen LogP contribution in [0.2, 0.25) is 0 Å². The molecule has 2 N–H and O–H groups in total. The number of nitrogens with one attached hydrogen (secondary N) is 1. The zero-order valence-corrected chi connectivity index (χ0v) is 12.1. The summed E-state index contributed by atoms with van der Waals surface area (Å²) < 4.78 is 5.26. The summed E-state index contributed by atoms with van der Waals surface area (Å²) in [6, 6.07) is 0.132. The maximum Gasteiger partial charge on any atom is 0.407 e. The molecule has 1 amide bonds. The number of β-amino-alcohol motifs (C(OH)–C–C–N with tert-alkyl or cyclic N) is 1. The van der Waals surface area contributed by atoms with Gasteiger partial charge in [0.15, 0.2) is 0 Å². The maximum atomic E-state index is 11.7. The van der Waals surface area contributed by atoms with Crippen molar-refractivity contribution in [1.82, 2.24) is 15.3 Å². The molecular formula is C13H25N3O3. The van der Waals surface area contributed by atoms with Gasteiger partial charge in [0.25, 0.3) is 0 Å². The molecule has 2 rings (SSSR count). The molecule has 0 aromatic rings. The number of hydrogen-bond acceptors (Lipinski definition) is 5. The van der Waals surface area contributed by atoms with E-state index >= 15 is 0 Å². The summed E-state index contributed by atoms with van der Waals surface area (Å²) in [5, 5.41) is 16.9. The van der Waals surface area contributed by atoms with Crippen LogP contribution in [0.5, 0.6) is 0 Å². The highest BCUT2D eigenvalue weighted by atomic mass is 16.6. The van der Waals surface area contributed by atoms with E-state index in [9.17, 15) is 9.90 Å². The highest BCUT2D eigenvalue weighted by molar-refractivity contribution is 5.68. The Labute approximate surface area is 114 Å². The van der Waals surface area contributed by atoms with Crippen molar-refractivity contribution in [3.05, 3.63) is 0 Å². The van der Waals surface area contributed by atoms with E-state index < -0.39 is 5.60 Å². The Morgan fingerprint density at radius 2 is 1.84 bits per heavy atom. The molecule has 0 saturated carbocycles. The second kappa shape index (κ2) is 5.64. The topological polar surface area (TPSA) is 65.0 Å². The molecule has 0 spiro atoms. The first-order valence-corrected chi connectivity index (χ1v) is 7.01. The molecule has 2 heterocycles. The molecular weight excluding hydrogens is 246 g/mol. The number of nitrogens with zero attached hydrogens (tertiary/aromatic N) is 2. The number of hydrazine groups is 1. The van der Waals surface area contributed by atoms with E-state index in [1.54, 1.807) is 0 Å². The van der Waals surface area contributed by atoms with E-state index in [-0.39, 0.29) is 18.2 Å². The number of hydrogen-bond donors (Lipinski definition) is 2. The molecule has 6 nitrogen and oxygen atoms in total. The van der Waals surface area contributed by atoms with Crippen molar-refractivity contribution in [1.29, 1.82) is 0 Å². The summed E-state index contributed by atoms with van der Waals surface area (Å²) in [6.07, 6.45) is 1.20.